The largest absolute Gasteiger partial charge is 0.452 e. The lowest BCUT2D eigenvalue weighted by Gasteiger charge is -2.06. The van der Waals surface area contributed by atoms with Crippen LogP contribution in [-0.4, -0.2) is 35.0 Å². The SMILES string of the molecule is O=C(COC(=O)c1cncc(Br)c1)NCCc1c[nH]c2ccccc12. The van der Waals surface area contributed by atoms with Crippen molar-refractivity contribution in [1.82, 2.24) is 15.3 Å². The molecule has 0 fully saturated rings. The van der Waals surface area contributed by atoms with E-state index in [4.69, 9.17) is 4.74 Å². The molecule has 2 aromatic heterocycles. The Balaban J connectivity index is 1.44. The summed E-state index contributed by atoms with van der Waals surface area (Å²) >= 11 is 3.23. The molecule has 0 unspecified atom stereocenters. The van der Waals surface area contributed by atoms with E-state index in [0.717, 1.165) is 16.5 Å². The molecule has 0 radical (unpaired) electrons. The second kappa shape index (κ2) is 7.94. The first-order valence-corrected chi connectivity index (χ1v) is 8.52. The van der Waals surface area contributed by atoms with Crippen LogP contribution in [0.5, 0.6) is 0 Å². The number of para-hydroxylation sites is 1. The predicted octanol–water partition coefficient (Wildman–Crippen LogP) is 2.84. The normalized spacial score (nSPS) is 10.6. The summed E-state index contributed by atoms with van der Waals surface area (Å²) in [5.74, 6) is -0.920. The van der Waals surface area contributed by atoms with Crippen LogP contribution in [0.3, 0.4) is 0 Å². The van der Waals surface area contributed by atoms with Crippen LogP contribution in [0.2, 0.25) is 0 Å². The minimum Gasteiger partial charge on any atom is -0.452 e. The number of ether oxygens (including phenoxy) is 1. The third-order valence-electron chi connectivity index (χ3n) is 3.67. The fraction of sp³-hybridized carbons (Fsp3) is 0.167. The predicted molar refractivity (Wildman–Crippen MR) is 97.2 cm³/mol. The Morgan fingerprint density at radius 1 is 1.24 bits per heavy atom. The Bertz CT molecular complexity index is 907. The molecule has 6 nitrogen and oxygen atoms in total. The van der Waals surface area contributed by atoms with Crippen LogP contribution in [0.15, 0.2) is 53.4 Å². The van der Waals surface area contributed by atoms with Crippen molar-refractivity contribution in [2.45, 2.75) is 6.42 Å². The molecular weight excluding hydrogens is 386 g/mol. The first-order chi connectivity index (χ1) is 12.1. The van der Waals surface area contributed by atoms with Gasteiger partial charge in [0.25, 0.3) is 5.91 Å². The standard InChI is InChI=1S/C18H16BrN3O3/c19-14-7-13(8-20-10-14)18(24)25-11-17(23)21-6-5-12-9-22-16-4-2-1-3-15(12)16/h1-4,7-10,22H,5-6,11H2,(H,21,23). The third kappa shape index (κ3) is 4.45. The molecule has 128 valence electrons. The van der Waals surface area contributed by atoms with Crippen molar-refractivity contribution in [1.29, 1.82) is 0 Å². The van der Waals surface area contributed by atoms with Crippen LogP contribution >= 0.6 is 15.9 Å². The number of aromatic nitrogens is 2. The number of hydrogen-bond donors (Lipinski definition) is 2. The molecule has 2 N–H and O–H groups in total. The van der Waals surface area contributed by atoms with Gasteiger partial charge < -0.3 is 15.0 Å². The summed E-state index contributed by atoms with van der Waals surface area (Å²) in [6.45, 7) is 0.149. The van der Waals surface area contributed by atoms with Gasteiger partial charge in [0, 0.05) is 40.5 Å². The lowest BCUT2D eigenvalue weighted by atomic mass is 10.1. The first-order valence-electron chi connectivity index (χ1n) is 7.73. The second-order valence-corrected chi connectivity index (χ2v) is 6.34. The maximum absolute atomic E-state index is 11.8. The summed E-state index contributed by atoms with van der Waals surface area (Å²) in [7, 11) is 0. The van der Waals surface area contributed by atoms with Crippen LogP contribution in [-0.2, 0) is 16.0 Å². The van der Waals surface area contributed by atoms with Crippen LogP contribution in [0.25, 0.3) is 10.9 Å². The molecule has 1 amide bonds. The number of benzene rings is 1. The Kier molecular flexibility index (Phi) is 5.45. The van der Waals surface area contributed by atoms with Gasteiger partial charge in [-0.1, -0.05) is 18.2 Å². The zero-order valence-electron chi connectivity index (χ0n) is 13.3. The molecule has 0 spiro atoms. The molecule has 2 heterocycles. The van der Waals surface area contributed by atoms with E-state index >= 15 is 0 Å². The van der Waals surface area contributed by atoms with Gasteiger partial charge in [0.15, 0.2) is 6.61 Å². The summed E-state index contributed by atoms with van der Waals surface area (Å²) < 4.78 is 5.66. The zero-order chi connectivity index (χ0) is 17.6. The highest BCUT2D eigenvalue weighted by Gasteiger charge is 2.11. The van der Waals surface area contributed by atoms with Crippen LogP contribution in [0.1, 0.15) is 15.9 Å². The molecule has 0 aliphatic heterocycles. The zero-order valence-corrected chi connectivity index (χ0v) is 14.9. The number of aromatic amines is 1. The number of carbonyl (C=O) groups excluding carboxylic acids is 2. The van der Waals surface area contributed by atoms with Crippen LogP contribution in [0.4, 0.5) is 0 Å². The topological polar surface area (TPSA) is 84.1 Å². The maximum Gasteiger partial charge on any atom is 0.340 e. The molecule has 7 heteroatoms. The van der Waals surface area contributed by atoms with Gasteiger partial charge in [-0.3, -0.25) is 9.78 Å². The molecule has 3 aromatic rings. The van der Waals surface area contributed by atoms with Gasteiger partial charge in [-0.25, -0.2) is 4.79 Å². The number of nitrogens with one attached hydrogen (secondary N) is 2. The Labute approximate surface area is 152 Å². The summed E-state index contributed by atoms with van der Waals surface area (Å²) in [5.41, 5.74) is 2.49. The number of rotatable bonds is 6. The van der Waals surface area contributed by atoms with E-state index in [1.807, 2.05) is 30.5 Å². The third-order valence-corrected chi connectivity index (χ3v) is 4.10. The molecule has 0 aliphatic carbocycles. The van der Waals surface area contributed by atoms with Crippen molar-refractivity contribution in [2.24, 2.45) is 0 Å². The molecule has 1 aromatic carbocycles. The summed E-state index contributed by atoms with van der Waals surface area (Å²) in [4.78, 5) is 30.7. The molecule has 0 atom stereocenters. The minimum atomic E-state index is -0.583. The highest BCUT2D eigenvalue weighted by molar-refractivity contribution is 9.10. The Morgan fingerprint density at radius 3 is 2.92 bits per heavy atom. The monoisotopic (exact) mass is 401 g/mol. The van der Waals surface area contributed by atoms with E-state index in [1.165, 1.54) is 6.20 Å². The van der Waals surface area contributed by atoms with E-state index in [2.05, 4.69) is 31.2 Å². The van der Waals surface area contributed by atoms with E-state index in [1.54, 1.807) is 12.3 Å². The first kappa shape index (κ1) is 17.2. The average molecular weight is 402 g/mol. The smallest absolute Gasteiger partial charge is 0.340 e. The molecule has 0 saturated carbocycles. The Hall–Kier alpha value is -2.67. The average Bonchev–Trinajstić information content (AvgIpc) is 3.03. The number of carbonyl (C=O) groups is 2. The molecule has 0 saturated heterocycles. The van der Waals surface area contributed by atoms with Gasteiger partial charge in [0.1, 0.15) is 0 Å². The molecular formula is C18H16BrN3O3. The van der Waals surface area contributed by atoms with E-state index in [9.17, 15) is 9.59 Å². The number of fused-ring (bicyclic) bond motifs is 1. The van der Waals surface area contributed by atoms with Crippen molar-refractivity contribution in [3.8, 4) is 0 Å². The number of nitrogens with zero attached hydrogens (tertiary/aromatic N) is 1. The Morgan fingerprint density at radius 2 is 2.08 bits per heavy atom. The minimum absolute atomic E-state index is 0.293. The van der Waals surface area contributed by atoms with Gasteiger partial charge in [-0.2, -0.15) is 0 Å². The fourth-order valence-electron chi connectivity index (χ4n) is 2.46. The van der Waals surface area contributed by atoms with Crippen molar-refractivity contribution in [3.63, 3.8) is 0 Å². The lowest BCUT2D eigenvalue weighted by molar-refractivity contribution is -0.124. The maximum atomic E-state index is 11.8. The highest BCUT2D eigenvalue weighted by Crippen LogP contribution is 2.17. The van der Waals surface area contributed by atoms with Gasteiger partial charge in [-0.15, -0.1) is 0 Å². The number of H-pyrrole nitrogens is 1. The number of halogens is 1. The molecule has 25 heavy (non-hydrogen) atoms. The summed E-state index contributed by atoms with van der Waals surface area (Å²) in [6.07, 6.45) is 5.59. The van der Waals surface area contributed by atoms with E-state index < -0.39 is 5.97 Å². The fourth-order valence-corrected chi connectivity index (χ4v) is 2.83. The molecule has 0 bridgehead atoms. The van der Waals surface area contributed by atoms with Gasteiger partial charge in [0.05, 0.1) is 5.56 Å². The molecule has 0 aliphatic rings. The van der Waals surface area contributed by atoms with Crippen molar-refractivity contribution >= 4 is 38.7 Å². The van der Waals surface area contributed by atoms with Crippen LogP contribution in [0, 0.1) is 0 Å². The van der Waals surface area contributed by atoms with Crippen LogP contribution < -0.4 is 5.32 Å². The van der Waals surface area contributed by atoms with Crippen molar-refractivity contribution < 1.29 is 14.3 Å². The van der Waals surface area contributed by atoms with Gasteiger partial charge in [-0.05, 0) is 40.0 Å². The quantitative estimate of drug-likeness (QED) is 0.622. The van der Waals surface area contributed by atoms with Gasteiger partial charge >= 0.3 is 5.97 Å². The molecule has 3 rings (SSSR count). The van der Waals surface area contributed by atoms with E-state index in [0.29, 0.717) is 23.0 Å². The lowest BCUT2D eigenvalue weighted by Crippen LogP contribution is -2.30. The number of pyridine rings is 1. The highest BCUT2D eigenvalue weighted by atomic mass is 79.9. The van der Waals surface area contributed by atoms with Gasteiger partial charge in [0.2, 0.25) is 0 Å². The van der Waals surface area contributed by atoms with Crippen molar-refractivity contribution in [3.05, 3.63) is 64.5 Å². The summed E-state index contributed by atoms with van der Waals surface area (Å²) in [6, 6.07) is 9.59. The second-order valence-electron chi connectivity index (χ2n) is 5.43. The van der Waals surface area contributed by atoms with Crippen molar-refractivity contribution in [2.75, 3.05) is 13.2 Å². The van der Waals surface area contributed by atoms with E-state index in [-0.39, 0.29) is 12.5 Å². The summed E-state index contributed by atoms with van der Waals surface area (Å²) in [5, 5.41) is 3.89. The number of amides is 1. The number of hydrogen-bond acceptors (Lipinski definition) is 4. The number of esters is 1.